The number of unbranched alkanes of at least 4 members (excludes halogenated alkanes) is 1. The van der Waals surface area contributed by atoms with Gasteiger partial charge in [-0.05, 0) is 19.4 Å². The summed E-state index contributed by atoms with van der Waals surface area (Å²) in [4.78, 5) is 11.0. The van der Waals surface area contributed by atoms with Gasteiger partial charge in [0.2, 0.25) is 5.91 Å². The molecular weight excluding hydrogens is 150 g/mol. The number of carbonyl (C=O) groups is 1. The summed E-state index contributed by atoms with van der Waals surface area (Å²) < 4.78 is 0. The summed E-state index contributed by atoms with van der Waals surface area (Å²) in [5, 5.41) is 2.72. The molecule has 68 valence electrons. The van der Waals surface area contributed by atoms with Crippen LogP contribution in [0.15, 0.2) is 24.3 Å². The SMILES string of the molecule is C=C(C)CNC(=O)/C=C/CCC. The van der Waals surface area contributed by atoms with Crippen molar-refractivity contribution in [1.82, 2.24) is 5.32 Å². The predicted octanol–water partition coefficient (Wildman–Crippen LogP) is 2.04. The maximum Gasteiger partial charge on any atom is 0.243 e. The molecule has 12 heavy (non-hydrogen) atoms. The molecule has 0 heterocycles. The van der Waals surface area contributed by atoms with Gasteiger partial charge in [-0.2, -0.15) is 0 Å². The van der Waals surface area contributed by atoms with E-state index in [4.69, 9.17) is 0 Å². The molecule has 0 aromatic heterocycles. The smallest absolute Gasteiger partial charge is 0.243 e. The van der Waals surface area contributed by atoms with Crippen LogP contribution in [0.25, 0.3) is 0 Å². The van der Waals surface area contributed by atoms with Crippen molar-refractivity contribution in [3.05, 3.63) is 24.3 Å². The van der Waals surface area contributed by atoms with Crippen molar-refractivity contribution in [2.75, 3.05) is 6.54 Å². The molecule has 0 aliphatic rings. The van der Waals surface area contributed by atoms with E-state index in [9.17, 15) is 4.79 Å². The fourth-order valence-corrected chi connectivity index (χ4v) is 0.654. The molecule has 0 aliphatic heterocycles. The maximum absolute atomic E-state index is 11.0. The van der Waals surface area contributed by atoms with E-state index < -0.39 is 0 Å². The molecule has 2 nitrogen and oxygen atoms in total. The van der Waals surface area contributed by atoms with Crippen molar-refractivity contribution in [1.29, 1.82) is 0 Å². The molecule has 0 aliphatic carbocycles. The molecule has 0 radical (unpaired) electrons. The van der Waals surface area contributed by atoms with Gasteiger partial charge in [0, 0.05) is 6.54 Å². The molecule has 0 saturated heterocycles. The molecule has 1 N–H and O–H groups in total. The first-order valence-electron chi connectivity index (χ1n) is 4.25. The summed E-state index contributed by atoms with van der Waals surface area (Å²) in [7, 11) is 0. The van der Waals surface area contributed by atoms with Crippen LogP contribution < -0.4 is 5.32 Å². The van der Waals surface area contributed by atoms with Crippen molar-refractivity contribution in [2.24, 2.45) is 0 Å². The van der Waals surface area contributed by atoms with Crippen molar-refractivity contribution < 1.29 is 4.79 Å². The van der Waals surface area contributed by atoms with Gasteiger partial charge in [-0.1, -0.05) is 31.6 Å². The van der Waals surface area contributed by atoms with Crippen molar-refractivity contribution in [2.45, 2.75) is 26.7 Å². The quantitative estimate of drug-likeness (QED) is 0.492. The molecule has 0 fully saturated rings. The number of hydrogen-bond acceptors (Lipinski definition) is 1. The van der Waals surface area contributed by atoms with Crippen LogP contribution >= 0.6 is 0 Å². The van der Waals surface area contributed by atoms with E-state index in [1.807, 2.05) is 13.0 Å². The van der Waals surface area contributed by atoms with Gasteiger partial charge in [0.1, 0.15) is 0 Å². The molecule has 0 unspecified atom stereocenters. The number of carbonyl (C=O) groups excluding carboxylic acids is 1. The largest absolute Gasteiger partial charge is 0.349 e. The van der Waals surface area contributed by atoms with Crippen LogP contribution in [0.1, 0.15) is 26.7 Å². The second-order valence-electron chi connectivity index (χ2n) is 2.87. The Kier molecular flexibility index (Phi) is 6.07. The van der Waals surface area contributed by atoms with E-state index in [0.29, 0.717) is 6.54 Å². The van der Waals surface area contributed by atoms with Crippen LogP contribution in [0.5, 0.6) is 0 Å². The molecule has 0 saturated carbocycles. The van der Waals surface area contributed by atoms with Crippen LogP contribution in [-0.4, -0.2) is 12.5 Å². The van der Waals surface area contributed by atoms with Crippen LogP contribution in [0, 0.1) is 0 Å². The highest BCUT2D eigenvalue weighted by molar-refractivity contribution is 5.87. The van der Waals surface area contributed by atoms with Gasteiger partial charge in [-0.15, -0.1) is 0 Å². The van der Waals surface area contributed by atoms with E-state index in [-0.39, 0.29) is 5.91 Å². The number of allylic oxidation sites excluding steroid dienone is 1. The standard InChI is InChI=1S/C10H17NO/c1-4-5-6-7-10(12)11-8-9(2)3/h6-7H,2,4-5,8H2,1,3H3,(H,11,12)/b7-6+. The third kappa shape index (κ3) is 7.06. The van der Waals surface area contributed by atoms with Crippen molar-refractivity contribution in [3.63, 3.8) is 0 Å². The number of amides is 1. The van der Waals surface area contributed by atoms with Crippen LogP contribution in [0.4, 0.5) is 0 Å². The molecule has 1 amide bonds. The van der Waals surface area contributed by atoms with Crippen LogP contribution in [0.3, 0.4) is 0 Å². The highest BCUT2D eigenvalue weighted by atomic mass is 16.1. The summed E-state index contributed by atoms with van der Waals surface area (Å²) in [5.74, 6) is -0.0357. The first-order valence-corrected chi connectivity index (χ1v) is 4.25. The first-order chi connectivity index (χ1) is 5.66. The Morgan fingerprint density at radius 1 is 1.58 bits per heavy atom. The first kappa shape index (κ1) is 11.0. The number of hydrogen-bond donors (Lipinski definition) is 1. The van der Waals surface area contributed by atoms with Crippen molar-refractivity contribution in [3.8, 4) is 0 Å². The number of rotatable bonds is 5. The predicted molar refractivity (Wildman–Crippen MR) is 51.9 cm³/mol. The number of nitrogens with one attached hydrogen (secondary N) is 1. The van der Waals surface area contributed by atoms with Gasteiger partial charge in [-0.3, -0.25) is 4.79 Å². The third-order valence-corrected chi connectivity index (χ3v) is 1.29. The summed E-state index contributed by atoms with van der Waals surface area (Å²) >= 11 is 0. The van der Waals surface area contributed by atoms with E-state index in [1.54, 1.807) is 6.08 Å². The molecule has 0 aromatic rings. The summed E-state index contributed by atoms with van der Waals surface area (Å²) in [6.45, 7) is 8.21. The topological polar surface area (TPSA) is 29.1 Å². The highest BCUT2D eigenvalue weighted by Crippen LogP contribution is 1.88. The minimum absolute atomic E-state index is 0.0357. The Morgan fingerprint density at radius 2 is 2.25 bits per heavy atom. The summed E-state index contributed by atoms with van der Waals surface area (Å²) in [5.41, 5.74) is 0.965. The molecule has 0 aromatic carbocycles. The molecule has 0 spiro atoms. The lowest BCUT2D eigenvalue weighted by Gasteiger charge is -1.99. The van der Waals surface area contributed by atoms with Gasteiger partial charge in [0.25, 0.3) is 0 Å². The molecule has 0 atom stereocenters. The minimum atomic E-state index is -0.0357. The maximum atomic E-state index is 11.0. The Morgan fingerprint density at radius 3 is 2.75 bits per heavy atom. The summed E-state index contributed by atoms with van der Waals surface area (Å²) in [6.07, 6.45) is 5.49. The van der Waals surface area contributed by atoms with Gasteiger partial charge < -0.3 is 5.32 Å². The lowest BCUT2D eigenvalue weighted by Crippen LogP contribution is -2.22. The Labute approximate surface area is 74.4 Å². The average molecular weight is 167 g/mol. The Hall–Kier alpha value is -1.05. The lowest BCUT2D eigenvalue weighted by molar-refractivity contribution is -0.116. The van der Waals surface area contributed by atoms with E-state index in [0.717, 1.165) is 18.4 Å². The van der Waals surface area contributed by atoms with Gasteiger partial charge in [0.05, 0.1) is 0 Å². The average Bonchev–Trinajstić information content (AvgIpc) is 2.01. The molecular formula is C10H17NO. The highest BCUT2D eigenvalue weighted by Gasteiger charge is 1.92. The van der Waals surface area contributed by atoms with Gasteiger partial charge in [-0.25, -0.2) is 0 Å². The van der Waals surface area contributed by atoms with E-state index in [2.05, 4.69) is 18.8 Å². The fraction of sp³-hybridized carbons (Fsp3) is 0.500. The molecule has 2 heteroatoms. The zero-order valence-electron chi connectivity index (χ0n) is 7.89. The molecule has 0 bridgehead atoms. The zero-order chi connectivity index (χ0) is 9.40. The summed E-state index contributed by atoms with van der Waals surface area (Å²) in [6, 6.07) is 0. The lowest BCUT2D eigenvalue weighted by atomic mass is 10.3. The van der Waals surface area contributed by atoms with E-state index in [1.165, 1.54) is 0 Å². The van der Waals surface area contributed by atoms with Gasteiger partial charge >= 0.3 is 0 Å². The Balaban J connectivity index is 3.52. The monoisotopic (exact) mass is 167 g/mol. The van der Waals surface area contributed by atoms with Gasteiger partial charge in [0.15, 0.2) is 0 Å². The molecule has 0 rings (SSSR count). The fourth-order valence-electron chi connectivity index (χ4n) is 0.654. The zero-order valence-corrected chi connectivity index (χ0v) is 7.89. The van der Waals surface area contributed by atoms with Crippen LogP contribution in [0.2, 0.25) is 0 Å². The second-order valence-corrected chi connectivity index (χ2v) is 2.87. The van der Waals surface area contributed by atoms with E-state index >= 15 is 0 Å². The van der Waals surface area contributed by atoms with Crippen molar-refractivity contribution >= 4 is 5.91 Å². The third-order valence-electron chi connectivity index (χ3n) is 1.29. The van der Waals surface area contributed by atoms with Crippen LogP contribution in [-0.2, 0) is 4.79 Å². The normalized spacial score (nSPS) is 10.2. The minimum Gasteiger partial charge on any atom is -0.349 e. The second kappa shape index (κ2) is 6.65. The Bertz CT molecular complexity index is 182.